The number of carbonyl (C=O) groups excluding carboxylic acids is 3. The van der Waals surface area contributed by atoms with Gasteiger partial charge in [-0.15, -0.1) is 0 Å². The molecule has 0 aliphatic carbocycles. The summed E-state index contributed by atoms with van der Waals surface area (Å²) in [6, 6.07) is 28.8. The lowest BCUT2D eigenvalue weighted by molar-refractivity contribution is -0.137. The summed E-state index contributed by atoms with van der Waals surface area (Å²) in [5, 5.41) is 8.75. The van der Waals surface area contributed by atoms with Crippen LogP contribution in [0, 0.1) is 0 Å². The molecule has 4 aromatic rings. The third-order valence-electron chi connectivity index (χ3n) is 9.70. The molecule has 3 aliphatic rings. The second-order valence-corrected chi connectivity index (χ2v) is 13.1. The molecule has 0 spiro atoms. The maximum atomic E-state index is 13.6. The highest BCUT2D eigenvalue weighted by molar-refractivity contribution is 6.02. The van der Waals surface area contributed by atoms with Gasteiger partial charge in [0, 0.05) is 25.7 Å². The summed E-state index contributed by atoms with van der Waals surface area (Å²) in [4.78, 5) is 55.5. The van der Waals surface area contributed by atoms with Gasteiger partial charge in [0.1, 0.15) is 36.1 Å². The van der Waals surface area contributed by atoms with Crippen LogP contribution in [-0.4, -0.2) is 106 Å². The zero-order valence-corrected chi connectivity index (χ0v) is 30.6. The topological polar surface area (TPSA) is 138 Å². The zero-order chi connectivity index (χ0) is 38.2. The zero-order valence-electron chi connectivity index (χ0n) is 30.6. The Kier molecular flexibility index (Phi) is 12.0. The molecule has 1 fully saturated rings. The van der Waals surface area contributed by atoms with Crippen LogP contribution in [0.1, 0.15) is 24.4 Å². The Balaban J connectivity index is 0.000000244. The Morgan fingerprint density at radius 2 is 1.26 bits per heavy atom. The molecule has 13 heteroatoms. The number of hydrogen-bond acceptors (Lipinski definition) is 9. The number of fused-ring (bicyclic) bond motifs is 2. The van der Waals surface area contributed by atoms with Crippen LogP contribution in [0.15, 0.2) is 91.0 Å². The number of carbonyl (C=O) groups is 4. The number of hydrogen-bond donors (Lipinski definition) is 1. The molecule has 3 aliphatic heterocycles. The standard InChI is InChI=1S/C30H33N3O4.C11H11NO5/c1-31(29(34)20-33-26-15-14-25(36-2)18-28(26)37-21-30(33)35)27(19-32-16-6-7-17-32)24-12-10-23(11-13-24)22-8-4-3-5-9-22;1-16-7-2-3-8-9(4-7)17-6-10(13)12(8)5-11(14)15/h3-5,8-15,18,27H,6-7,16-17,19-21H2,1-2H3;2-4H,5-6H2,1H3,(H,14,15). The van der Waals surface area contributed by atoms with E-state index in [1.165, 1.54) is 29.8 Å². The molecule has 0 saturated carbocycles. The van der Waals surface area contributed by atoms with Gasteiger partial charge >= 0.3 is 5.97 Å². The number of carboxylic acids is 1. The maximum absolute atomic E-state index is 13.6. The molecule has 3 heterocycles. The number of rotatable bonds is 11. The minimum atomic E-state index is -1.07. The van der Waals surface area contributed by atoms with E-state index in [4.69, 9.17) is 24.1 Å². The van der Waals surface area contributed by atoms with Crippen molar-refractivity contribution in [3.05, 3.63) is 96.6 Å². The first-order valence-corrected chi connectivity index (χ1v) is 17.7. The molecule has 1 atom stereocenters. The van der Waals surface area contributed by atoms with Crippen LogP contribution in [-0.2, 0) is 19.2 Å². The molecule has 0 bridgehead atoms. The number of methoxy groups -OCH3 is 2. The number of likely N-dealkylation sites (N-methyl/N-ethyl adjacent to an activating group) is 1. The number of likely N-dealkylation sites (tertiary alicyclic amines) is 1. The minimum Gasteiger partial charge on any atom is -0.497 e. The highest BCUT2D eigenvalue weighted by Gasteiger charge is 2.32. The SMILES string of the molecule is COc1ccc2c(c1)OCC(=O)N2CC(=O)N(C)C(CN1CCCC1)c1ccc(-c2ccccc2)cc1.COc1ccc2c(c1)OCC(=O)N2CC(=O)O. The molecule has 3 amide bonds. The van der Waals surface area contributed by atoms with Crippen molar-refractivity contribution >= 4 is 35.1 Å². The second-order valence-electron chi connectivity index (χ2n) is 13.1. The van der Waals surface area contributed by atoms with Gasteiger partial charge in [0.05, 0.1) is 31.6 Å². The van der Waals surface area contributed by atoms with Gasteiger partial charge in [-0.05, 0) is 66.9 Å². The Hall–Kier alpha value is -6.08. The predicted molar refractivity (Wildman–Crippen MR) is 202 cm³/mol. The van der Waals surface area contributed by atoms with E-state index in [9.17, 15) is 19.2 Å². The summed E-state index contributed by atoms with van der Waals surface area (Å²) in [5.41, 5.74) is 4.42. The highest BCUT2D eigenvalue weighted by atomic mass is 16.5. The summed E-state index contributed by atoms with van der Waals surface area (Å²) in [5.74, 6) is 0.433. The Morgan fingerprint density at radius 3 is 1.78 bits per heavy atom. The van der Waals surface area contributed by atoms with Crippen molar-refractivity contribution in [1.29, 1.82) is 0 Å². The first-order chi connectivity index (χ1) is 26.1. The molecule has 54 heavy (non-hydrogen) atoms. The number of nitrogens with zero attached hydrogens (tertiary/aromatic N) is 4. The van der Waals surface area contributed by atoms with Crippen molar-refractivity contribution in [3.63, 3.8) is 0 Å². The van der Waals surface area contributed by atoms with Crippen molar-refractivity contribution < 1.29 is 43.2 Å². The lowest BCUT2D eigenvalue weighted by Gasteiger charge is -2.35. The fourth-order valence-electron chi connectivity index (χ4n) is 6.72. The fourth-order valence-corrected chi connectivity index (χ4v) is 6.72. The van der Waals surface area contributed by atoms with Gasteiger partial charge in [0.2, 0.25) is 5.91 Å². The van der Waals surface area contributed by atoms with Crippen molar-refractivity contribution in [2.75, 3.05) is 77.0 Å². The Bertz CT molecular complexity index is 1970. The predicted octanol–water partition coefficient (Wildman–Crippen LogP) is 4.89. The highest BCUT2D eigenvalue weighted by Crippen LogP contribution is 2.37. The molecule has 0 aromatic heterocycles. The van der Waals surface area contributed by atoms with E-state index in [0.29, 0.717) is 34.4 Å². The molecule has 1 unspecified atom stereocenters. The molecule has 0 radical (unpaired) electrons. The normalized spacial score (nSPS) is 15.5. The average molecular weight is 737 g/mol. The third-order valence-corrected chi connectivity index (χ3v) is 9.70. The van der Waals surface area contributed by atoms with Crippen LogP contribution in [0.5, 0.6) is 23.0 Å². The molecule has 282 valence electrons. The van der Waals surface area contributed by atoms with E-state index in [-0.39, 0.29) is 50.1 Å². The van der Waals surface area contributed by atoms with Crippen LogP contribution in [0.4, 0.5) is 11.4 Å². The van der Waals surface area contributed by atoms with Crippen molar-refractivity contribution in [2.45, 2.75) is 18.9 Å². The molecule has 4 aromatic carbocycles. The van der Waals surface area contributed by atoms with Gasteiger partial charge in [-0.2, -0.15) is 0 Å². The van der Waals surface area contributed by atoms with Crippen LogP contribution in [0.2, 0.25) is 0 Å². The van der Waals surface area contributed by atoms with Crippen LogP contribution >= 0.6 is 0 Å². The van der Waals surface area contributed by atoms with Gasteiger partial charge in [-0.3, -0.25) is 29.0 Å². The number of carboxylic acid groups (broad SMARTS) is 1. The monoisotopic (exact) mass is 736 g/mol. The molecular formula is C41H44N4O9. The van der Waals surface area contributed by atoms with Gasteiger partial charge in [-0.1, -0.05) is 54.6 Å². The van der Waals surface area contributed by atoms with Gasteiger partial charge in [0.15, 0.2) is 13.2 Å². The Labute approximate surface area is 314 Å². The minimum absolute atomic E-state index is 0.0450. The van der Waals surface area contributed by atoms with Crippen LogP contribution in [0.25, 0.3) is 11.1 Å². The average Bonchev–Trinajstić information content (AvgIpc) is 3.72. The van der Waals surface area contributed by atoms with Gasteiger partial charge < -0.3 is 33.9 Å². The van der Waals surface area contributed by atoms with Crippen molar-refractivity contribution in [3.8, 4) is 34.1 Å². The van der Waals surface area contributed by atoms with E-state index < -0.39 is 5.97 Å². The van der Waals surface area contributed by atoms with E-state index in [0.717, 1.165) is 36.3 Å². The largest absolute Gasteiger partial charge is 0.497 e. The first kappa shape index (κ1) is 37.7. The molecule has 13 nitrogen and oxygen atoms in total. The van der Waals surface area contributed by atoms with Crippen molar-refractivity contribution in [2.24, 2.45) is 0 Å². The molecule has 1 N–H and O–H groups in total. The van der Waals surface area contributed by atoms with E-state index in [1.54, 1.807) is 48.4 Å². The van der Waals surface area contributed by atoms with Crippen molar-refractivity contribution in [1.82, 2.24) is 9.80 Å². The lowest BCUT2D eigenvalue weighted by atomic mass is 9.99. The smallest absolute Gasteiger partial charge is 0.323 e. The quantitative estimate of drug-likeness (QED) is 0.227. The summed E-state index contributed by atoms with van der Waals surface area (Å²) in [6.07, 6.45) is 2.36. The lowest BCUT2D eigenvalue weighted by Crippen LogP contribution is -2.47. The molecule has 1 saturated heterocycles. The van der Waals surface area contributed by atoms with Crippen LogP contribution < -0.4 is 28.7 Å². The second kappa shape index (κ2) is 17.2. The summed E-state index contributed by atoms with van der Waals surface area (Å²) >= 11 is 0. The number of aliphatic carboxylic acids is 1. The molecular weight excluding hydrogens is 692 g/mol. The summed E-state index contributed by atoms with van der Waals surface area (Å²) in [7, 11) is 4.94. The summed E-state index contributed by atoms with van der Waals surface area (Å²) < 4.78 is 21.1. The third kappa shape index (κ3) is 8.75. The number of benzene rings is 4. The number of anilines is 2. The van der Waals surface area contributed by atoms with E-state index in [1.807, 2.05) is 25.2 Å². The number of ether oxygens (including phenoxy) is 4. The summed E-state index contributed by atoms with van der Waals surface area (Å²) in [6.45, 7) is 2.16. The number of amides is 3. The van der Waals surface area contributed by atoms with E-state index in [2.05, 4.69) is 41.3 Å². The van der Waals surface area contributed by atoms with Gasteiger partial charge in [0.25, 0.3) is 11.8 Å². The first-order valence-electron chi connectivity index (χ1n) is 17.7. The molecule has 7 rings (SSSR count). The van der Waals surface area contributed by atoms with Gasteiger partial charge in [-0.25, -0.2) is 0 Å². The van der Waals surface area contributed by atoms with E-state index >= 15 is 0 Å². The Morgan fingerprint density at radius 1 is 0.741 bits per heavy atom. The van der Waals surface area contributed by atoms with Crippen LogP contribution in [0.3, 0.4) is 0 Å². The maximum Gasteiger partial charge on any atom is 0.323 e. The fraction of sp³-hybridized carbons (Fsp3) is 0.317.